The Bertz CT molecular complexity index is 494. The molecule has 0 radical (unpaired) electrons. The Morgan fingerprint density at radius 3 is 2.50 bits per heavy atom. The summed E-state index contributed by atoms with van der Waals surface area (Å²) in [4.78, 5) is 23.2. The van der Waals surface area contributed by atoms with E-state index in [0.29, 0.717) is 18.5 Å². The molecule has 0 spiro atoms. The van der Waals surface area contributed by atoms with Crippen molar-refractivity contribution < 1.29 is 0 Å². The first-order valence-electron chi connectivity index (χ1n) is 6.28. The Hall–Kier alpha value is -1.36. The Balaban J connectivity index is 2.48. The fourth-order valence-electron chi connectivity index (χ4n) is 1.60. The monoisotopic (exact) mass is 253 g/mol. The smallest absolute Gasteiger partial charge is 0.315 e. The molecule has 0 aromatic carbocycles. The van der Waals surface area contributed by atoms with Crippen LogP contribution in [-0.2, 0) is 13.6 Å². The number of nitrogens with one attached hydrogen (secondary N) is 1. The molecule has 0 fully saturated rings. The maximum absolute atomic E-state index is 11.7. The number of rotatable bonds is 5. The molecule has 0 aliphatic rings. The van der Waals surface area contributed by atoms with Gasteiger partial charge in [-0.2, -0.15) is 0 Å². The highest BCUT2D eigenvalue weighted by Crippen LogP contribution is 2.16. The topological polar surface area (TPSA) is 56.0 Å². The standard InChI is InChI=1S/C13H23N3O2/c1-13(2,3)6-7-14-8-10-16-11(17)5-9-15(4)12(16)18/h5,9,14H,6-8,10H2,1-4H3. The molecular weight excluding hydrogens is 230 g/mol. The number of aryl methyl sites for hydroxylation is 1. The second-order valence-electron chi connectivity index (χ2n) is 5.76. The molecule has 0 atom stereocenters. The minimum Gasteiger partial charge on any atom is -0.315 e. The first-order valence-corrected chi connectivity index (χ1v) is 6.28. The zero-order valence-electron chi connectivity index (χ0n) is 11.7. The quantitative estimate of drug-likeness (QED) is 0.781. The van der Waals surface area contributed by atoms with Crippen LogP contribution in [0.1, 0.15) is 27.2 Å². The average molecular weight is 253 g/mol. The predicted octanol–water partition coefficient (Wildman–Crippen LogP) is 0.573. The third kappa shape index (κ3) is 4.49. The third-order valence-electron chi connectivity index (χ3n) is 2.80. The van der Waals surface area contributed by atoms with E-state index in [1.807, 2.05) is 0 Å². The molecule has 1 N–H and O–H groups in total. The lowest BCUT2D eigenvalue weighted by Crippen LogP contribution is -2.40. The molecule has 1 heterocycles. The number of nitrogens with zero attached hydrogens (tertiary/aromatic N) is 2. The van der Waals surface area contributed by atoms with Crippen LogP contribution in [0.5, 0.6) is 0 Å². The van der Waals surface area contributed by atoms with E-state index in [9.17, 15) is 9.59 Å². The van der Waals surface area contributed by atoms with Crippen LogP contribution in [0.3, 0.4) is 0 Å². The minimum absolute atomic E-state index is 0.240. The Morgan fingerprint density at radius 2 is 1.89 bits per heavy atom. The maximum atomic E-state index is 11.7. The van der Waals surface area contributed by atoms with Crippen molar-refractivity contribution in [2.75, 3.05) is 13.1 Å². The van der Waals surface area contributed by atoms with E-state index in [-0.39, 0.29) is 11.2 Å². The van der Waals surface area contributed by atoms with Gasteiger partial charge in [0.05, 0.1) is 0 Å². The molecule has 0 bridgehead atoms. The summed E-state index contributed by atoms with van der Waals surface area (Å²) in [5, 5.41) is 3.26. The van der Waals surface area contributed by atoms with Crippen LogP contribution < -0.4 is 16.6 Å². The third-order valence-corrected chi connectivity index (χ3v) is 2.80. The normalized spacial score (nSPS) is 11.8. The van der Waals surface area contributed by atoms with E-state index >= 15 is 0 Å². The number of hydrogen-bond acceptors (Lipinski definition) is 3. The van der Waals surface area contributed by atoms with Crippen LogP contribution in [0, 0.1) is 5.41 Å². The lowest BCUT2D eigenvalue weighted by molar-refractivity contribution is 0.364. The summed E-state index contributed by atoms with van der Waals surface area (Å²) in [6, 6.07) is 1.41. The molecule has 5 heteroatoms. The van der Waals surface area contributed by atoms with Gasteiger partial charge in [0.25, 0.3) is 5.56 Å². The van der Waals surface area contributed by atoms with Crippen molar-refractivity contribution in [2.45, 2.75) is 33.7 Å². The summed E-state index contributed by atoms with van der Waals surface area (Å²) in [5.74, 6) is 0. The SMILES string of the molecule is Cn1ccc(=O)n(CCNCCC(C)(C)C)c1=O. The molecule has 5 nitrogen and oxygen atoms in total. The van der Waals surface area contributed by atoms with Crippen LogP contribution in [0.25, 0.3) is 0 Å². The van der Waals surface area contributed by atoms with Gasteiger partial charge in [-0.25, -0.2) is 4.79 Å². The molecule has 0 amide bonds. The zero-order chi connectivity index (χ0) is 13.8. The van der Waals surface area contributed by atoms with Gasteiger partial charge in [0.1, 0.15) is 0 Å². The highest BCUT2D eigenvalue weighted by atomic mass is 16.2. The Kier molecular flexibility index (Phi) is 4.90. The molecule has 0 saturated carbocycles. The molecule has 0 saturated heterocycles. The summed E-state index contributed by atoms with van der Waals surface area (Å²) in [6.45, 7) is 8.50. The van der Waals surface area contributed by atoms with Gasteiger partial charge >= 0.3 is 5.69 Å². The highest BCUT2D eigenvalue weighted by molar-refractivity contribution is 4.85. The summed E-state index contributed by atoms with van der Waals surface area (Å²) in [6.07, 6.45) is 2.56. The van der Waals surface area contributed by atoms with Gasteiger partial charge in [0.2, 0.25) is 0 Å². The van der Waals surface area contributed by atoms with Gasteiger partial charge in [-0.05, 0) is 18.4 Å². The summed E-state index contributed by atoms with van der Waals surface area (Å²) >= 11 is 0. The van der Waals surface area contributed by atoms with E-state index in [2.05, 4.69) is 26.1 Å². The minimum atomic E-state index is -0.264. The van der Waals surface area contributed by atoms with Crippen LogP contribution in [0.15, 0.2) is 21.9 Å². The van der Waals surface area contributed by atoms with Crippen molar-refractivity contribution >= 4 is 0 Å². The van der Waals surface area contributed by atoms with Crippen LogP contribution >= 0.6 is 0 Å². The molecule has 0 aliphatic heterocycles. The molecule has 102 valence electrons. The van der Waals surface area contributed by atoms with Gasteiger partial charge in [0.15, 0.2) is 0 Å². The summed E-state index contributed by atoms with van der Waals surface area (Å²) in [7, 11) is 1.64. The van der Waals surface area contributed by atoms with Gasteiger partial charge in [-0.3, -0.25) is 9.36 Å². The van der Waals surface area contributed by atoms with Gasteiger partial charge < -0.3 is 9.88 Å². The predicted molar refractivity (Wildman–Crippen MR) is 72.9 cm³/mol. The molecular formula is C13H23N3O2. The molecule has 1 aromatic heterocycles. The van der Waals surface area contributed by atoms with Crippen LogP contribution in [-0.4, -0.2) is 22.2 Å². The molecule has 18 heavy (non-hydrogen) atoms. The van der Waals surface area contributed by atoms with E-state index < -0.39 is 0 Å². The van der Waals surface area contributed by atoms with E-state index in [1.165, 1.54) is 21.4 Å². The molecule has 0 unspecified atom stereocenters. The van der Waals surface area contributed by atoms with Crippen molar-refractivity contribution in [3.8, 4) is 0 Å². The summed E-state index contributed by atoms with van der Waals surface area (Å²) < 4.78 is 2.67. The van der Waals surface area contributed by atoms with E-state index in [1.54, 1.807) is 7.05 Å². The second kappa shape index (κ2) is 6.00. The lowest BCUT2D eigenvalue weighted by Gasteiger charge is -2.18. The largest absolute Gasteiger partial charge is 0.330 e. The molecule has 1 rings (SSSR count). The first kappa shape index (κ1) is 14.7. The molecule has 0 aliphatic carbocycles. The van der Waals surface area contributed by atoms with Gasteiger partial charge in [0, 0.05) is 32.4 Å². The number of hydrogen-bond donors (Lipinski definition) is 1. The van der Waals surface area contributed by atoms with Crippen molar-refractivity contribution in [2.24, 2.45) is 12.5 Å². The van der Waals surface area contributed by atoms with Crippen molar-refractivity contribution in [3.63, 3.8) is 0 Å². The average Bonchev–Trinajstić information content (AvgIpc) is 2.26. The van der Waals surface area contributed by atoms with Crippen molar-refractivity contribution in [1.29, 1.82) is 0 Å². The van der Waals surface area contributed by atoms with Crippen molar-refractivity contribution in [1.82, 2.24) is 14.5 Å². The Labute approximate surface area is 107 Å². The van der Waals surface area contributed by atoms with Gasteiger partial charge in [-0.15, -0.1) is 0 Å². The van der Waals surface area contributed by atoms with Crippen LogP contribution in [0.4, 0.5) is 0 Å². The fraction of sp³-hybridized carbons (Fsp3) is 0.692. The fourth-order valence-corrected chi connectivity index (χ4v) is 1.60. The lowest BCUT2D eigenvalue weighted by atomic mass is 9.92. The second-order valence-corrected chi connectivity index (χ2v) is 5.76. The Morgan fingerprint density at radius 1 is 1.22 bits per heavy atom. The summed E-state index contributed by atoms with van der Waals surface area (Å²) in [5.41, 5.74) is -0.206. The van der Waals surface area contributed by atoms with E-state index in [0.717, 1.165) is 13.0 Å². The molecule has 1 aromatic rings. The first-order chi connectivity index (χ1) is 8.31. The zero-order valence-corrected chi connectivity index (χ0v) is 11.7. The maximum Gasteiger partial charge on any atom is 0.330 e. The van der Waals surface area contributed by atoms with Crippen molar-refractivity contribution in [3.05, 3.63) is 33.1 Å². The van der Waals surface area contributed by atoms with Crippen LogP contribution in [0.2, 0.25) is 0 Å². The van der Waals surface area contributed by atoms with E-state index in [4.69, 9.17) is 0 Å². The highest BCUT2D eigenvalue weighted by Gasteiger charge is 2.08. The van der Waals surface area contributed by atoms with Gasteiger partial charge in [-0.1, -0.05) is 20.8 Å². The number of aromatic nitrogens is 2.